The predicted octanol–water partition coefficient (Wildman–Crippen LogP) is 3.69. The molecule has 1 atom stereocenters. The largest absolute Gasteiger partial charge is 0.489 e. The van der Waals surface area contributed by atoms with Crippen LogP contribution in [-0.2, 0) is 6.61 Å². The Hall–Kier alpha value is -1.80. The first-order valence-electron chi connectivity index (χ1n) is 6.92. The van der Waals surface area contributed by atoms with E-state index in [1.54, 1.807) is 0 Å². The normalized spacial score (nSPS) is 18.4. The number of nitrogens with one attached hydrogen (secondary N) is 1. The molecular formula is C17H19NO. The van der Waals surface area contributed by atoms with Crippen molar-refractivity contribution in [3.63, 3.8) is 0 Å². The zero-order valence-electron chi connectivity index (χ0n) is 11.0. The minimum Gasteiger partial charge on any atom is -0.489 e. The van der Waals surface area contributed by atoms with Crippen LogP contribution in [0.5, 0.6) is 5.75 Å². The molecule has 0 saturated carbocycles. The summed E-state index contributed by atoms with van der Waals surface area (Å²) < 4.78 is 5.86. The molecule has 2 aromatic rings. The van der Waals surface area contributed by atoms with Gasteiger partial charge in [0.25, 0.3) is 0 Å². The van der Waals surface area contributed by atoms with Gasteiger partial charge in [0.1, 0.15) is 12.4 Å². The monoisotopic (exact) mass is 253 g/mol. The molecule has 2 aromatic carbocycles. The maximum absolute atomic E-state index is 5.86. The predicted molar refractivity (Wildman–Crippen MR) is 77.2 cm³/mol. The number of benzene rings is 2. The fraction of sp³-hybridized carbons (Fsp3) is 0.294. The lowest BCUT2D eigenvalue weighted by Crippen LogP contribution is -2.12. The summed E-state index contributed by atoms with van der Waals surface area (Å²) in [6.45, 7) is 1.75. The smallest absolute Gasteiger partial charge is 0.120 e. The fourth-order valence-electron chi connectivity index (χ4n) is 2.53. The molecule has 0 radical (unpaired) electrons. The van der Waals surface area contributed by atoms with Crippen LogP contribution >= 0.6 is 0 Å². The van der Waals surface area contributed by atoms with E-state index in [1.165, 1.54) is 24.0 Å². The van der Waals surface area contributed by atoms with Crippen molar-refractivity contribution in [1.29, 1.82) is 0 Å². The number of ether oxygens (including phenoxy) is 1. The molecule has 0 spiro atoms. The van der Waals surface area contributed by atoms with Gasteiger partial charge in [-0.25, -0.2) is 0 Å². The summed E-state index contributed by atoms with van der Waals surface area (Å²) in [4.78, 5) is 0. The molecule has 1 fully saturated rings. The van der Waals surface area contributed by atoms with E-state index < -0.39 is 0 Å². The number of hydrogen-bond donors (Lipinski definition) is 1. The second kappa shape index (κ2) is 5.89. The Labute approximate surface area is 114 Å². The standard InChI is InChI=1S/C17H19NO/c1-2-6-14(7-3-1)13-19-16-9-4-8-15(12-16)17-10-5-11-18-17/h1-4,6-9,12,17-18H,5,10-11,13H2/t17-/m0/s1. The van der Waals surface area contributed by atoms with E-state index >= 15 is 0 Å². The van der Waals surface area contributed by atoms with Crippen LogP contribution in [0.4, 0.5) is 0 Å². The summed E-state index contributed by atoms with van der Waals surface area (Å²) >= 11 is 0. The third-order valence-corrected chi connectivity index (χ3v) is 3.57. The van der Waals surface area contributed by atoms with Crippen LogP contribution < -0.4 is 10.1 Å². The van der Waals surface area contributed by atoms with E-state index in [9.17, 15) is 0 Å². The van der Waals surface area contributed by atoms with Gasteiger partial charge in [-0.05, 0) is 42.6 Å². The Kier molecular flexibility index (Phi) is 3.80. The maximum Gasteiger partial charge on any atom is 0.120 e. The van der Waals surface area contributed by atoms with Crippen LogP contribution in [0.2, 0.25) is 0 Å². The van der Waals surface area contributed by atoms with E-state index in [0.29, 0.717) is 12.6 Å². The van der Waals surface area contributed by atoms with Gasteiger partial charge in [-0.2, -0.15) is 0 Å². The zero-order chi connectivity index (χ0) is 12.9. The molecule has 1 heterocycles. The van der Waals surface area contributed by atoms with Crippen molar-refractivity contribution in [2.24, 2.45) is 0 Å². The second-order valence-corrected chi connectivity index (χ2v) is 5.00. The fourth-order valence-corrected chi connectivity index (χ4v) is 2.53. The lowest BCUT2D eigenvalue weighted by molar-refractivity contribution is 0.305. The molecule has 2 heteroatoms. The molecule has 3 rings (SSSR count). The highest BCUT2D eigenvalue weighted by atomic mass is 16.5. The summed E-state index contributed by atoms with van der Waals surface area (Å²) in [6, 6.07) is 19.2. The summed E-state index contributed by atoms with van der Waals surface area (Å²) in [5.41, 5.74) is 2.54. The Balaban J connectivity index is 1.66. The molecule has 1 saturated heterocycles. The van der Waals surface area contributed by atoms with Crippen LogP contribution in [0.3, 0.4) is 0 Å². The van der Waals surface area contributed by atoms with Crippen molar-refractivity contribution in [3.05, 3.63) is 65.7 Å². The van der Waals surface area contributed by atoms with Crippen molar-refractivity contribution in [1.82, 2.24) is 5.32 Å². The van der Waals surface area contributed by atoms with E-state index in [4.69, 9.17) is 4.74 Å². The Morgan fingerprint density at radius 3 is 2.74 bits per heavy atom. The third-order valence-electron chi connectivity index (χ3n) is 3.57. The van der Waals surface area contributed by atoms with Gasteiger partial charge in [-0.1, -0.05) is 42.5 Å². The molecule has 0 unspecified atom stereocenters. The van der Waals surface area contributed by atoms with Crippen LogP contribution in [0.15, 0.2) is 54.6 Å². The van der Waals surface area contributed by atoms with Gasteiger partial charge in [0, 0.05) is 6.04 Å². The summed E-state index contributed by atoms with van der Waals surface area (Å²) in [5, 5.41) is 3.52. The Morgan fingerprint density at radius 2 is 1.95 bits per heavy atom. The SMILES string of the molecule is c1ccc(COc2cccc([C@@H]3CCCN3)c2)cc1. The van der Waals surface area contributed by atoms with Gasteiger partial charge in [0.05, 0.1) is 0 Å². The van der Waals surface area contributed by atoms with Crippen molar-refractivity contribution in [3.8, 4) is 5.75 Å². The molecule has 19 heavy (non-hydrogen) atoms. The lowest BCUT2D eigenvalue weighted by Gasteiger charge is -2.13. The first-order chi connectivity index (χ1) is 9.42. The highest BCUT2D eigenvalue weighted by Crippen LogP contribution is 2.26. The Morgan fingerprint density at radius 1 is 1.05 bits per heavy atom. The molecule has 98 valence electrons. The third kappa shape index (κ3) is 3.15. The van der Waals surface area contributed by atoms with E-state index in [1.807, 2.05) is 24.3 Å². The first kappa shape index (κ1) is 12.2. The molecule has 1 aliphatic heterocycles. The number of hydrogen-bond acceptors (Lipinski definition) is 2. The minimum atomic E-state index is 0.500. The van der Waals surface area contributed by atoms with Crippen molar-refractivity contribution in [2.45, 2.75) is 25.5 Å². The topological polar surface area (TPSA) is 21.3 Å². The minimum absolute atomic E-state index is 0.500. The molecule has 0 amide bonds. The number of rotatable bonds is 4. The van der Waals surface area contributed by atoms with Gasteiger partial charge in [0.2, 0.25) is 0 Å². The summed E-state index contributed by atoms with van der Waals surface area (Å²) in [6.07, 6.45) is 2.49. The zero-order valence-corrected chi connectivity index (χ0v) is 11.0. The van der Waals surface area contributed by atoms with Crippen LogP contribution in [0.25, 0.3) is 0 Å². The molecule has 0 aromatic heterocycles. The van der Waals surface area contributed by atoms with Gasteiger partial charge in [-0.3, -0.25) is 0 Å². The Bertz CT molecular complexity index is 518. The van der Waals surface area contributed by atoms with E-state index in [0.717, 1.165) is 12.3 Å². The average Bonchev–Trinajstić information content (AvgIpc) is 3.01. The second-order valence-electron chi connectivity index (χ2n) is 5.00. The van der Waals surface area contributed by atoms with E-state index in [-0.39, 0.29) is 0 Å². The molecular weight excluding hydrogens is 234 g/mol. The highest BCUT2D eigenvalue weighted by molar-refractivity contribution is 5.31. The quantitative estimate of drug-likeness (QED) is 0.897. The van der Waals surface area contributed by atoms with Crippen LogP contribution in [-0.4, -0.2) is 6.54 Å². The van der Waals surface area contributed by atoms with Crippen molar-refractivity contribution < 1.29 is 4.74 Å². The van der Waals surface area contributed by atoms with Crippen LogP contribution in [0, 0.1) is 0 Å². The van der Waals surface area contributed by atoms with Gasteiger partial charge in [0.15, 0.2) is 0 Å². The highest BCUT2D eigenvalue weighted by Gasteiger charge is 2.16. The molecule has 0 bridgehead atoms. The molecule has 2 nitrogen and oxygen atoms in total. The maximum atomic E-state index is 5.86. The van der Waals surface area contributed by atoms with Gasteiger partial charge < -0.3 is 10.1 Å². The average molecular weight is 253 g/mol. The van der Waals surface area contributed by atoms with E-state index in [2.05, 4.69) is 35.6 Å². The van der Waals surface area contributed by atoms with Crippen molar-refractivity contribution >= 4 is 0 Å². The molecule has 1 N–H and O–H groups in total. The molecule has 1 aliphatic rings. The molecule has 0 aliphatic carbocycles. The lowest BCUT2D eigenvalue weighted by atomic mass is 10.1. The van der Waals surface area contributed by atoms with Gasteiger partial charge in [-0.15, -0.1) is 0 Å². The first-order valence-corrected chi connectivity index (χ1v) is 6.92. The summed E-state index contributed by atoms with van der Waals surface area (Å²) in [5.74, 6) is 0.954. The van der Waals surface area contributed by atoms with Crippen molar-refractivity contribution in [2.75, 3.05) is 6.54 Å². The summed E-state index contributed by atoms with van der Waals surface area (Å²) in [7, 11) is 0. The van der Waals surface area contributed by atoms with Crippen LogP contribution in [0.1, 0.15) is 30.0 Å². The van der Waals surface area contributed by atoms with Gasteiger partial charge >= 0.3 is 0 Å².